The van der Waals surface area contributed by atoms with Crippen LogP contribution in [0.1, 0.15) is 33.6 Å². The van der Waals surface area contributed by atoms with Crippen molar-refractivity contribution < 1.29 is 9.53 Å². The molecule has 112 valence electrons. The smallest absolute Gasteiger partial charge is 0.306 e. The molecule has 0 bridgehead atoms. The third kappa shape index (κ3) is 4.29. The normalized spacial score (nSPS) is 19.5. The third-order valence-corrected chi connectivity index (χ3v) is 10.4. The highest BCUT2D eigenvalue weighted by molar-refractivity contribution is 6.77. The molecule has 1 saturated heterocycles. The Bertz CT molecular complexity index is 313. The zero-order valence-corrected chi connectivity index (χ0v) is 14.5. The predicted molar refractivity (Wildman–Crippen MR) is 81.6 cm³/mol. The van der Waals surface area contributed by atoms with Crippen LogP contribution < -0.4 is 0 Å². The van der Waals surface area contributed by atoms with Gasteiger partial charge in [-0.2, -0.15) is 0 Å². The van der Waals surface area contributed by atoms with Crippen LogP contribution in [0.3, 0.4) is 0 Å². The van der Waals surface area contributed by atoms with E-state index in [1.165, 1.54) is 20.1 Å². The highest BCUT2D eigenvalue weighted by Crippen LogP contribution is 2.38. The van der Waals surface area contributed by atoms with Crippen molar-refractivity contribution in [3.63, 3.8) is 0 Å². The molecule has 0 aromatic carbocycles. The van der Waals surface area contributed by atoms with Gasteiger partial charge >= 0.3 is 5.97 Å². The van der Waals surface area contributed by atoms with Crippen molar-refractivity contribution >= 4 is 14.2 Å². The Hall–Kier alpha value is -0.393. The van der Waals surface area contributed by atoms with Crippen LogP contribution in [0, 0.1) is 0 Å². The Labute approximate surface area is 119 Å². The molecule has 19 heavy (non-hydrogen) atoms. The molecule has 1 heterocycles. The number of hydrogen-bond acceptors (Lipinski definition) is 4. The summed E-state index contributed by atoms with van der Waals surface area (Å²) in [4.78, 5) is 13.6. The molecule has 0 N–H and O–H groups in total. The molecule has 0 spiro atoms. The number of carbonyl (C=O) groups excluding carboxylic acids is 1. The molecule has 0 aromatic rings. The number of nitrogens with zero attached hydrogens (tertiary/aromatic N) is 2. The Morgan fingerprint density at radius 1 is 1.26 bits per heavy atom. The van der Waals surface area contributed by atoms with Crippen molar-refractivity contribution in [3.8, 4) is 0 Å². The third-order valence-electron chi connectivity index (χ3n) is 4.76. The monoisotopic (exact) mass is 286 g/mol. The van der Waals surface area contributed by atoms with Crippen molar-refractivity contribution in [1.82, 2.24) is 9.47 Å². The van der Waals surface area contributed by atoms with Gasteiger partial charge in [0.25, 0.3) is 0 Å². The lowest BCUT2D eigenvalue weighted by molar-refractivity contribution is -0.141. The van der Waals surface area contributed by atoms with Crippen LogP contribution in [0.25, 0.3) is 0 Å². The molecule has 0 saturated carbocycles. The fourth-order valence-electron chi connectivity index (χ4n) is 2.33. The van der Waals surface area contributed by atoms with Gasteiger partial charge in [0.2, 0.25) is 0 Å². The molecular formula is C14H30N2O2Si. The van der Waals surface area contributed by atoms with Crippen LogP contribution in [0.4, 0.5) is 0 Å². The fourth-order valence-corrected chi connectivity index (χ4v) is 4.55. The molecule has 1 aliphatic heterocycles. The van der Waals surface area contributed by atoms with Crippen molar-refractivity contribution in [1.29, 1.82) is 0 Å². The maximum Gasteiger partial charge on any atom is 0.306 e. The molecule has 0 unspecified atom stereocenters. The molecule has 1 rings (SSSR count). The zero-order chi connectivity index (χ0) is 14.7. The topological polar surface area (TPSA) is 32.8 Å². The molecule has 0 atom stereocenters. The zero-order valence-electron chi connectivity index (χ0n) is 13.5. The maximum atomic E-state index is 11.2. The van der Waals surface area contributed by atoms with Crippen LogP contribution in [0.5, 0.6) is 0 Å². The van der Waals surface area contributed by atoms with Gasteiger partial charge in [-0.3, -0.25) is 9.69 Å². The molecule has 0 amide bonds. The van der Waals surface area contributed by atoms with Crippen molar-refractivity contribution in [3.05, 3.63) is 0 Å². The maximum absolute atomic E-state index is 11.2. The molecule has 0 radical (unpaired) electrons. The van der Waals surface area contributed by atoms with Gasteiger partial charge in [-0.25, -0.2) is 0 Å². The second kappa shape index (κ2) is 6.37. The summed E-state index contributed by atoms with van der Waals surface area (Å²) in [6.45, 7) is 16.1. The van der Waals surface area contributed by atoms with Gasteiger partial charge in [-0.05, 0) is 18.0 Å². The predicted octanol–water partition coefficient (Wildman–Crippen LogP) is 2.52. The van der Waals surface area contributed by atoms with Crippen LogP contribution in [-0.4, -0.2) is 57.1 Å². The van der Waals surface area contributed by atoms with E-state index in [-0.39, 0.29) is 5.97 Å². The van der Waals surface area contributed by atoms with Crippen LogP contribution in [0.15, 0.2) is 0 Å². The van der Waals surface area contributed by atoms with Crippen molar-refractivity contribution in [2.75, 3.05) is 33.4 Å². The summed E-state index contributed by atoms with van der Waals surface area (Å²) in [5.41, 5.74) is 0. The summed E-state index contributed by atoms with van der Waals surface area (Å²) in [5, 5.41) is 0.373. The van der Waals surface area contributed by atoms with Crippen molar-refractivity contribution in [2.24, 2.45) is 0 Å². The highest BCUT2D eigenvalue weighted by Gasteiger charge is 2.42. The van der Waals surface area contributed by atoms with E-state index in [2.05, 4.69) is 43.3 Å². The number of rotatable bonds is 4. The lowest BCUT2D eigenvalue weighted by Crippen LogP contribution is -2.61. The summed E-state index contributed by atoms with van der Waals surface area (Å²) in [7, 11) is 0.0239. The van der Waals surface area contributed by atoms with Gasteiger partial charge in [0.05, 0.1) is 13.5 Å². The quantitative estimate of drug-likeness (QED) is 0.587. The first kappa shape index (κ1) is 16.7. The lowest BCUT2D eigenvalue weighted by atomic mass is 10.2. The first-order valence-electron chi connectivity index (χ1n) is 7.22. The molecule has 4 nitrogen and oxygen atoms in total. The van der Waals surface area contributed by atoms with E-state index in [1.54, 1.807) is 0 Å². The molecular weight excluding hydrogens is 256 g/mol. The number of carbonyl (C=O) groups is 1. The summed E-state index contributed by atoms with van der Waals surface area (Å²) in [5.74, 6) is -0.107. The summed E-state index contributed by atoms with van der Waals surface area (Å²) in [6, 6.07) is 0. The largest absolute Gasteiger partial charge is 0.469 e. The van der Waals surface area contributed by atoms with Gasteiger partial charge in [0.1, 0.15) is 8.24 Å². The van der Waals surface area contributed by atoms with Crippen LogP contribution in [-0.2, 0) is 9.53 Å². The van der Waals surface area contributed by atoms with Gasteiger partial charge in [-0.1, -0.05) is 33.9 Å². The Morgan fingerprint density at radius 2 is 1.89 bits per heavy atom. The standard InChI is InChI=1S/C14H30N2O2Si/c1-14(2,3)19(5,6)16-10-7-9-15(12-16)11-8-13(17)18-4/h7-12H2,1-6H3. The summed E-state index contributed by atoms with van der Waals surface area (Å²) < 4.78 is 7.39. The van der Waals surface area contributed by atoms with E-state index in [4.69, 9.17) is 4.74 Å². The first-order valence-corrected chi connectivity index (χ1v) is 10.2. The molecule has 0 aliphatic carbocycles. The molecule has 1 fully saturated rings. The van der Waals surface area contributed by atoms with Crippen LogP contribution in [0.2, 0.25) is 18.1 Å². The SMILES string of the molecule is COC(=O)CCN1CCCN([Si](C)(C)C(C)(C)C)C1. The number of esters is 1. The second-order valence-electron chi connectivity index (χ2n) is 7.01. The van der Waals surface area contributed by atoms with E-state index in [9.17, 15) is 4.79 Å². The van der Waals surface area contributed by atoms with E-state index in [0.717, 1.165) is 19.8 Å². The highest BCUT2D eigenvalue weighted by atomic mass is 28.3. The Morgan fingerprint density at radius 3 is 2.42 bits per heavy atom. The van der Waals surface area contributed by atoms with Gasteiger partial charge in [0.15, 0.2) is 0 Å². The number of methoxy groups -OCH3 is 1. The summed E-state index contributed by atoms with van der Waals surface area (Å²) in [6.07, 6.45) is 1.70. The van der Waals surface area contributed by atoms with Crippen LogP contribution >= 0.6 is 0 Å². The molecule has 5 heteroatoms. The lowest BCUT2D eigenvalue weighted by Gasteiger charge is -2.50. The molecule has 1 aliphatic rings. The second-order valence-corrected chi connectivity index (χ2v) is 12.3. The van der Waals surface area contributed by atoms with E-state index in [1.807, 2.05) is 0 Å². The average Bonchev–Trinajstić information content (AvgIpc) is 2.35. The fraction of sp³-hybridized carbons (Fsp3) is 0.929. The minimum absolute atomic E-state index is 0.107. The van der Waals surface area contributed by atoms with Gasteiger partial charge < -0.3 is 9.30 Å². The van der Waals surface area contributed by atoms with E-state index < -0.39 is 8.24 Å². The summed E-state index contributed by atoms with van der Waals surface area (Å²) >= 11 is 0. The minimum Gasteiger partial charge on any atom is -0.469 e. The average molecular weight is 286 g/mol. The number of hydrogen-bond donors (Lipinski definition) is 0. The van der Waals surface area contributed by atoms with Crippen molar-refractivity contribution in [2.45, 2.75) is 51.7 Å². The Balaban J connectivity index is 2.57. The van der Waals surface area contributed by atoms with E-state index in [0.29, 0.717) is 11.5 Å². The van der Waals surface area contributed by atoms with E-state index >= 15 is 0 Å². The van der Waals surface area contributed by atoms with Gasteiger partial charge in [0, 0.05) is 19.8 Å². The number of ether oxygens (including phenoxy) is 1. The van der Waals surface area contributed by atoms with Gasteiger partial charge in [-0.15, -0.1) is 0 Å². The first-order chi connectivity index (χ1) is 8.68. The minimum atomic E-state index is -1.43. The Kier molecular flexibility index (Phi) is 5.59. The molecule has 0 aromatic heterocycles.